The lowest BCUT2D eigenvalue weighted by atomic mass is 10.1. The van der Waals surface area contributed by atoms with Crippen molar-refractivity contribution < 1.29 is 8.97 Å². The van der Waals surface area contributed by atoms with Gasteiger partial charge in [0.15, 0.2) is 0 Å². The van der Waals surface area contributed by atoms with Crippen LogP contribution in [0.1, 0.15) is 182 Å². The fraction of sp³-hybridized carbons (Fsp3) is 0.943. The molecule has 0 bridgehead atoms. The molecular weight excluding hydrogens is 577 g/mol. The van der Waals surface area contributed by atoms with Crippen LogP contribution < -0.4 is 0 Å². The van der Waals surface area contributed by atoms with Gasteiger partial charge in [-0.1, -0.05) is 130 Å². The summed E-state index contributed by atoms with van der Waals surface area (Å²) in [5.74, 6) is 0. The van der Waals surface area contributed by atoms with Gasteiger partial charge in [0.2, 0.25) is 6.67 Å². The summed E-state index contributed by atoms with van der Waals surface area (Å²) < 4.78 is 3.06. The van der Waals surface area contributed by atoms with Gasteiger partial charge in [0.1, 0.15) is 0 Å². The number of rotatable bonds is 30. The molecule has 0 aliphatic heterocycles. The molecule has 41 heavy (non-hydrogen) atoms. The molecule has 0 aliphatic carbocycles. The molecule has 0 aromatic heterocycles. The summed E-state index contributed by atoms with van der Waals surface area (Å²) in [6, 6.07) is 0. The average Bonchev–Trinajstić information content (AvgIpc) is 2.95. The van der Waals surface area contributed by atoms with E-state index < -0.39 is 0 Å². The average molecular weight is 647 g/mol. The van der Waals surface area contributed by atoms with Gasteiger partial charge in [0.05, 0.1) is 26.2 Å². The summed E-state index contributed by atoms with van der Waals surface area (Å²) in [6.45, 7) is 14.3. The highest BCUT2D eigenvalue weighted by atomic mass is 32.1. The van der Waals surface area contributed by atoms with Crippen molar-refractivity contribution in [1.82, 2.24) is 0 Å². The van der Waals surface area contributed by atoms with Gasteiger partial charge in [-0.25, -0.2) is 0 Å². The lowest BCUT2D eigenvalue weighted by Gasteiger charge is -2.50. The van der Waals surface area contributed by atoms with Gasteiger partial charge < -0.3 is 49.7 Å². The third-order valence-corrected chi connectivity index (χ3v) is 10.6. The van der Waals surface area contributed by atoms with Crippen LogP contribution >= 0.6 is 24.4 Å². The third kappa shape index (κ3) is 20.2. The number of hydrogen-bond donors (Lipinski definition) is 0. The van der Waals surface area contributed by atoms with Crippen LogP contribution in [0.4, 0.5) is 0 Å². The SMILES string of the molecule is CCCCCCCC[N+](CCCCCCCC)(C[N+](CCCCCCCC)(CCCCCCCC)C(=S)[S-])C(=S)[S-]. The molecule has 0 rings (SSSR count). The van der Waals surface area contributed by atoms with Gasteiger partial charge in [-0.05, 0) is 51.4 Å². The van der Waals surface area contributed by atoms with E-state index in [-0.39, 0.29) is 0 Å². The van der Waals surface area contributed by atoms with Crippen LogP contribution in [0.2, 0.25) is 0 Å². The van der Waals surface area contributed by atoms with Crippen molar-refractivity contribution >= 4 is 58.3 Å². The van der Waals surface area contributed by atoms with Crippen LogP contribution in [0, 0.1) is 0 Å². The molecule has 0 spiro atoms. The second-order valence-corrected chi connectivity index (χ2v) is 15.0. The van der Waals surface area contributed by atoms with Crippen molar-refractivity contribution in [1.29, 1.82) is 0 Å². The highest BCUT2D eigenvalue weighted by molar-refractivity contribution is 8.00. The Morgan fingerprint density at radius 1 is 0.366 bits per heavy atom. The number of nitrogens with zero attached hydrogens (tertiary/aromatic N) is 2. The van der Waals surface area contributed by atoms with E-state index in [1.54, 1.807) is 0 Å². The van der Waals surface area contributed by atoms with Gasteiger partial charge >= 0.3 is 0 Å². The molecule has 0 saturated carbocycles. The molecule has 0 fully saturated rings. The van der Waals surface area contributed by atoms with Crippen molar-refractivity contribution in [2.24, 2.45) is 0 Å². The maximum absolute atomic E-state index is 5.99. The first-order chi connectivity index (χ1) is 19.8. The summed E-state index contributed by atoms with van der Waals surface area (Å²) in [4.78, 5) is 0. The Hall–Kier alpha value is 0.540. The lowest BCUT2D eigenvalue weighted by Crippen LogP contribution is -2.67. The fourth-order valence-electron chi connectivity index (χ4n) is 6.28. The first-order valence-corrected chi connectivity index (χ1v) is 19.6. The Bertz CT molecular complexity index is 541. The fourth-order valence-corrected chi connectivity index (χ4v) is 7.25. The maximum atomic E-state index is 5.99. The molecule has 0 aromatic rings. The largest absolute Gasteiger partial charge is 0.369 e. The molecule has 0 saturated heterocycles. The van der Waals surface area contributed by atoms with Crippen LogP contribution in [-0.2, 0) is 25.3 Å². The minimum absolute atomic E-state index is 0.756. The molecule has 0 radical (unpaired) electrons. The van der Waals surface area contributed by atoms with Crippen molar-refractivity contribution in [3.05, 3.63) is 0 Å². The molecule has 0 atom stereocenters. The zero-order valence-electron chi connectivity index (χ0n) is 28.0. The second kappa shape index (κ2) is 28.0. The van der Waals surface area contributed by atoms with E-state index >= 15 is 0 Å². The van der Waals surface area contributed by atoms with Crippen LogP contribution in [0.25, 0.3) is 0 Å². The molecule has 0 aromatic carbocycles. The topological polar surface area (TPSA) is 0 Å². The predicted molar refractivity (Wildman–Crippen MR) is 198 cm³/mol. The summed E-state index contributed by atoms with van der Waals surface area (Å²) in [5, 5.41) is 0. The standard InChI is InChI=1S/C35H70N2S4/c1-5-9-13-17-21-25-29-36(34(38)39,30-26-22-18-14-10-6-2)33-37(35(40)41,31-27-23-19-15-11-7-3)32-28-24-20-16-12-8-4/h5-33H2,1-4H3. The minimum atomic E-state index is 0.756. The van der Waals surface area contributed by atoms with Gasteiger partial charge in [0, 0.05) is 8.64 Å². The summed E-state index contributed by atoms with van der Waals surface area (Å²) >= 11 is 24.0. The number of thiocarbonyl (C=S) groups is 2. The second-order valence-electron chi connectivity index (χ2n) is 12.9. The smallest absolute Gasteiger partial charge is 0.214 e. The van der Waals surface area contributed by atoms with Crippen molar-refractivity contribution in [3.63, 3.8) is 0 Å². The number of quaternary nitrogens is 2. The Kier molecular flexibility index (Phi) is 28.4. The van der Waals surface area contributed by atoms with Gasteiger partial charge in [0.25, 0.3) is 0 Å². The monoisotopic (exact) mass is 646 g/mol. The van der Waals surface area contributed by atoms with E-state index in [2.05, 4.69) is 27.7 Å². The molecule has 0 heterocycles. The molecular formula is C35H70N2S4. The quantitative estimate of drug-likeness (QED) is 0.0250. The summed E-state index contributed by atoms with van der Waals surface area (Å²) in [5.41, 5.74) is 0. The first-order valence-electron chi connectivity index (χ1n) is 18.0. The Balaban J connectivity index is 5.81. The Labute approximate surface area is 280 Å². The van der Waals surface area contributed by atoms with E-state index in [1.165, 1.54) is 154 Å². The van der Waals surface area contributed by atoms with Crippen LogP contribution in [0.15, 0.2) is 0 Å². The Morgan fingerprint density at radius 2 is 0.561 bits per heavy atom. The normalized spacial score (nSPS) is 12.2. The highest BCUT2D eigenvalue weighted by Gasteiger charge is 2.39. The zero-order chi connectivity index (χ0) is 30.7. The zero-order valence-corrected chi connectivity index (χ0v) is 31.3. The first kappa shape index (κ1) is 41.5. The molecule has 0 unspecified atom stereocenters. The highest BCUT2D eigenvalue weighted by Crippen LogP contribution is 2.26. The van der Waals surface area contributed by atoms with E-state index in [0.29, 0.717) is 0 Å². The molecule has 0 aliphatic rings. The number of hydrogen-bond acceptors (Lipinski definition) is 4. The van der Waals surface area contributed by atoms with E-state index in [9.17, 15) is 0 Å². The lowest BCUT2D eigenvalue weighted by molar-refractivity contribution is -1.02. The van der Waals surface area contributed by atoms with E-state index in [1.807, 2.05) is 0 Å². The van der Waals surface area contributed by atoms with E-state index in [4.69, 9.17) is 49.7 Å². The van der Waals surface area contributed by atoms with Crippen molar-refractivity contribution in [2.45, 2.75) is 182 Å². The molecule has 0 amide bonds. The van der Waals surface area contributed by atoms with Crippen molar-refractivity contribution in [2.75, 3.05) is 32.8 Å². The maximum Gasteiger partial charge on any atom is 0.214 e. The number of unbranched alkanes of at least 4 members (excludes halogenated alkanes) is 20. The molecule has 6 heteroatoms. The third-order valence-electron chi connectivity index (χ3n) is 9.07. The molecule has 2 nitrogen and oxygen atoms in total. The predicted octanol–water partition coefficient (Wildman–Crippen LogP) is 11.7. The molecule has 0 N–H and O–H groups in total. The van der Waals surface area contributed by atoms with Crippen LogP contribution in [0.3, 0.4) is 0 Å². The van der Waals surface area contributed by atoms with Gasteiger partial charge in [-0.2, -0.15) is 0 Å². The van der Waals surface area contributed by atoms with E-state index in [0.717, 1.165) is 50.5 Å². The molecule has 244 valence electrons. The van der Waals surface area contributed by atoms with Gasteiger partial charge in [-0.3, -0.25) is 8.97 Å². The minimum Gasteiger partial charge on any atom is -0.369 e. The van der Waals surface area contributed by atoms with Crippen LogP contribution in [-0.4, -0.2) is 50.5 Å². The summed E-state index contributed by atoms with van der Waals surface area (Å²) in [6.07, 6.45) is 31.2. The van der Waals surface area contributed by atoms with Gasteiger partial charge in [-0.15, -0.1) is 0 Å². The van der Waals surface area contributed by atoms with Crippen molar-refractivity contribution in [3.8, 4) is 0 Å². The Morgan fingerprint density at radius 3 is 0.756 bits per heavy atom. The summed E-state index contributed by atoms with van der Waals surface area (Å²) in [7, 11) is 0. The van der Waals surface area contributed by atoms with Crippen LogP contribution in [0.5, 0.6) is 0 Å².